The number of benzene rings is 3. The summed E-state index contributed by atoms with van der Waals surface area (Å²) in [6.07, 6.45) is 0.817. The summed E-state index contributed by atoms with van der Waals surface area (Å²) in [4.78, 5) is 48.4. The molecule has 0 aliphatic heterocycles. The summed E-state index contributed by atoms with van der Waals surface area (Å²) in [5.74, 6) is -1.37. The number of nitrogens with one attached hydrogen (secondary N) is 3. The van der Waals surface area contributed by atoms with Crippen LogP contribution in [0.3, 0.4) is 0 Å². The van der Waals surface area contributed by atoms with Gasteiger partial charge in [0, 0.05) is 12.0 Å². The molecule has 0 radical (unpaired) electrons. The second kappa shape index (κ2) is 12.1. The SMILES string of the molecule is C[C@H](NC(=O)[C@@H](Cc1ccccc1)NC(=O)c1ccc(-c2ccccc2)cc1)C(=O)NCC=O. The third-order valence-electron chi connectivity index (χ3n) is 5.27. The van der Waals surface area contributed by atoms with E-state index in [1.165, 1.54) is 6.92 Å². The van der Waals surface area contributed by atoms with Crippen LogP contribution >= 0.6 is 0 Å². The van der Waals surface area contributed by atoms with E-state index < -0.39 is 29.8 Å². The molecule has 0 aromatic heterocycles. The number of aldehydes is 1. The maximum atomic E-state index is 13.0. The van der Waals surface area contributed by atoms with Gasteiger partial charge in [-0.05, 0) is 35.7 Å². The Morgan fingerprint density at radius 1 is 0.765 bits per heavy atom. The van der Waals surface area contributed by atoms with E-state index in [1.54, 1.807) is 12.1 Å². The van der Waals surface area contributed by atoms with Crippen molar-refractivity contribution in [3.05, 3.63) is 96.1 Å². The van der Waals surface area contributed by atoms with Gasteiger partial charge in [-0.3, -0.25) is 14.4 Å². The van der Waals surface area contributed by atoms with Gasteiger partial charge in [0.05, 0.1) is 6.54 Å². The Hall–Kier alpha value is -4.26. The van der Waals surface area contributed by atoms with E-state index in [0.717, 1.165) is 16.7 Å². The van der Waals surface area contributed by atoms with Crippen molar-refractivity contribution in [2.45, 2.75) is 25.4 Å². The van der Waals surface area contributed by atoms with Gasteiger partial charge in [-0.15, -0.1) is 0 Å². The summed E-state index contributed by atoms with van der Waals surface area (Å²) >= 11 is 0. The fourth-order valence-corrected chi connectivity index (χ4v) is 3.42. The molecule has 3 amide bonds. The Kier molecular flexibility index (Phi) is 8.68. The molecule has 3 aromatic rings. The van der Waals surface area contributed by atoms with Crippen molar-refractivity contribution < 1.29 is 19.2 Å². The maximum Gasteiger partial charge on any atom is 0.251 e. The molecule has 7 nitrogen and oxygen atoms in total. The third-order valence-corrected chi connectivity index (χ3v) is 5.27. The highest BCUT2D eigenvalue weighted by atomic mass is 16.2. The zero-order valence-electron chi connectivity index (χ0n) is 18.9. The predicted octanol–water partition coefficient (Wildman–Crippen LogP) is 2.51. The molecule has 174 valence electrons. The minimum atomic E-state index is -0.898. The van der Waals surface area contributed by atoms with Crippen molar-refractivity contribution in [1.29, 1.82) is 0 Å². The van der Waals surface area contributed by atoms with Crippen LogP contribution in [0.2, 0.25) is 0 Å². The molecule has 3 N–H and O–H groups in total. The quantitative estimate of drug-likeness (QED) is 0.407. The van der Waals surface area contributed by atoms with E-state index in [1.807, 2.05) is 72.8 Å². The van der Waals surface area contributed by atoms with Gasteiger partial charge in [-0.1, -0.05) is 72.8 Å². The van der Waals surface area contributed by atoms with E-state index in [9.17, 15) is 19.2 Å². The van der Waals surface area contributed by atoms with Gasteiger partial charge in [0.2, 0.25) is 11.8 Å². The van der Waals surface area contributed by atoms with Crippen molar-refractivity contribution >= 4 is 24.0 Å². The van der Waals surface area contributed by atoms with Crippen molar-refractivity contribution in [2.24, 2.45) is 0 Å². The van der Waals surface area contributed by atoms with E-state index in [0.29, 0.717) is 11.8 Å². The zero-order chi connectivity index (χ0) is 24.3. The molecule has 0 spiro atoms. The second-order valence-electron chi connectivity index (χ2n) is 7.80. The van der Waals surface area contributed by atoms with Gasteiger partial charge < -0.3 is 20.7 Å². The highest BCUT2D eigenvalue weighted by molar-refractivity contribution is 5.98. The summed E-state index contributed by atoms with van der Waals surface area (Å²) in [6.45, 7) is 1.38. The average molecular weight is 458 g/mol. The molecule has 7 heteroatoms. The first-order valence-electron chi connectivity index (χ1n) is 11.0. The molecule has 0 unspecified atom stereocenters. The van der Waals surface area contributed by atoms with Crippen molar-refractivity contribution in [2.75, 3.05) is 6.54 Å². The average Bonchev–Trinajstić information content (AvgIpc) is 2.88. The van der Waals surface area contributed by atoms with Crippen LogP contribution in [-0.2, 0) is 20.8 Å². The van der Waals surface area contributed by atoms with Gasteiger partial charge in [0.15, 0.2) is 0 Å². The largest absolute Gasteiger partial charge is 0.348 e. The number of carbonyl (C=O) groups excluding carboxylic acids is 4. The highest BCUT2D eigenvalue weighted by Crippen LogP contribution is 2.19. The molecule has 34 heavy (non-hydrogen) atoms. The molecule has 0 heterocycles. The Balaban J connectivity index is 1.72. The lowest BCUT2D eigenvalue weighted by Crippen LogP contribution is -2.53. The molecule has 0 aliphatic carbocycles. The smallest absolute Gasteiger partial charge is 0.251 e. The lowest BCUT2D eigenvalue weighted by molar-refractivity contribution is -0.129. The van der Waals surface area contributed by atoms with Gasteiger partial charge >= 0.3 is 0 Å². The second-order valence-corrected chi connectivity index (χ2v) is 7.80. The molecule has 0 saturated heterocycles. The van der Waals surface area contributed by atoms with Crippen LogP contribution in [0, 0.1) is 0 Å². The highest BCUT2D eigenvalue weighted by Gasteiger charge is 2.25. The van der Waals surface area contributed by atoms with Crippen molar-refractivity contribution in [1.82, 2.24) is 16.0 Å². The fourth-order valence-electron chi connectivity index (χ4n) is 3.42. The predicted molar refractivity (Wildman–Crippen MR) is 130 cm³/mol. The Bertz CT molecular complexity index is 1120. The molecular weight excluding hydrogens is 430 g/mol. The lowest BCUT2D eigenvalue weighted by atomic mass is 10.0. The van der Waals surface area contributed by atoms with Crippen molar-refractivity contribution in [3.8, 4) is 11.1 Å². The van der Waals surface area contributed by atoms with Gasteiger partial charge in [0.1, 0.15) is 18.4 Å². The van der Waals surface area contributed by atoms with Crippen LogP contribution in [0.25, 0.3) is 11.1 Å². The monoisotopic (exact) mass is 457 g/mol. The zero-order valence-corrected chi connectivity index (χ0v) is 18.9. The van der Waals surface area contributed by atoms with Gasteiger partial charge in [0.25, 0.3) is 5.91 Å². The Morgan fingerprint density at radius 2 is 1.35 bits per heavy atom. The van der Waals surface area contributed by atoms with Gasteiger partial charge in [-0.2, -0.15) is 0 Å². The van der Waals surface area contributed by atoms with Crippen LogP contribution < -0.4 is 16.0 Å². The summed E-state index contributed by atoms with van der Waals surface area (Å²) in [6, 6.07) is 24.5. The lowest BCUT2D eigenvalue weighted by Gasteiger charge is -2.21. The van der Waals surface area contributed by atoms with E-state index >= 15 is 0 Å². The summed E-state index contributed by atoms with van der Waals surface area (Å²) < 4.78 is 0. The van der Waals surface area contributed by atoms with Crippen LogP contribution in [0.4, 0.5) is 0 Å². The molecule has 0 fully saturated rings. The first-order valence-corrected chi connectivity index (χ1v) is 11.0. The minimum absolute atomic E-state index is 0.137. The number of hydrogen-bond donors (Lipinski definition) is 3. The normalized spacial score (nSPS) is 12.1. The summed E-state index contributed by atoms with van der Waals surface area (Å²) in [5.41, 5.74) is 3.30. The van der Waals surface area contributed by atoms with Crippen LogP contribution in [-0.4, -0.2) is 42.6 Å². The van der Waals surface area contributed by atoms with Gasteiger partial charge in [-0.25, -0.2) is 0 Å². The molecule has 2 atom stereocenters. The Morgan fingerprint density at radius 3 is 1.97 bits per heavy atom. The van der Waals surface area contributed by atoms with E-state index in [4.69, 9.17) is 0 Å². The summed E-state index contributed by atoms with van der Waals surface area (Å²) in [7, 11) is 0. The number of hydrogen-bond acceptors (Lipinski definition) is 4. The number of carbonyl (C=O) groups is 4. The molecule has 3 aromatic carbocycles. The third kappa shape index (κ3) is 6.87. The minimum Gasteiger partial charge on any atom is -0.348 e. The first kappa shape index (κ1) is 24.4. The topological polar surface area (TPSA) is 104 Å². The van der Waals surface area contributed by atoms with E-state index in [-0.39, 0.29) is 13.0 Å². The van der Waals surface area contributed by atoms with Crippen LogP contribution in [0.1, 0.15) is 22.8 Å². The summed E-state index contributed by atoms with van der Waals surface area (Å²) in [5, 5.41) is 7.81. The van der Waals surface area contributed by atoms with Crippen LogP contribution in [0.15, 0.2) is 84.9 Å². The van der Waals surface area contributed by atoms with E-state index in [2.05, 4.69) is 16.0 Å². The maximum absolute atomic E-state index is 13.0. The van der Waals surface area contributed by atoms with Crippen molar-refractivity contribution in [3.63, 3.8) is 0 Å². The molecular formula is C27H27N3O4. The number of amides is 3. The fraction of sp³-hybridized carbons (Fsp3) is 0.185. The molecule has 0 aliphatic rings. The van der Waals surface area contributed by atoms with Crippen LogP contribution in [0.5, 0.6) is 0 Å². The first-order chi connectivity index (χ1) is 16.5. The Labute approximate surface area is 198 Å². The number of rotatable bonds is 10. The molecule has 0 bridgehead atoms. The molecule has 0 saturated carbocycles. The standard InChI is InChI=1S/C27H27N3O4/c1-19(25(32)28-16-17-31)29-27(34)24(18-20-8-4-2-5-9-20)30-26(33)23-14-12-22(13-15-23)21-10-6-3-7-11-21/h2-15,17,19,24H,16,18H2,1H3,(H,28,32)(H,29,34)(H,30,33)/t19-,24+/m0/s1. The molecule has 3 rings (SSSR count).